The SMILES string of the molecule is CN=C(NCCN(C)CCCOC)NCc1cccc(COCc2ccccc2)c1. The molecule has 0 heterocycles. The Kier molecular flexibility index (Phi) is 11.6. The van der Waals surface area contributed by atoms with Gasteiger partial charge in [0.2, 0.25) is 0 Å². The van der Waals surface area contributed by atoms with E-state index in [0.717, 1.165) is 45.2 Å². The molecule has 6 heteroatoms. The molecular weight excluding hydrogens is 376 g/mol. The van der Waals surface area contributed by atoms with Crippen molar-refractivity contribution >= 4 is 5.96 Å². The molecule has 0 unspecified atom stereocenters. The van der Waals surface area contributed by atoms with Crippen molar-refractivity contribution in [1.82, 2.24) is 15.5 Å². The summed E-state index contributed by atoms with van der Waals surface area (Å²) < 4.78 is 10.9. The largest absolute Gasteiger partial charge is 0.385 e. The van der Waals surface area contributed by atoms with Crippen LogP contribution in [0.1, 0.15) is 23.1 Å². The Hall–Kier alpha value is -2.41. The van der Waals surface area contributed by atoms with Crippen molar-refractivity contribution in [2.75, 3.05) is 47.4 Å². The minimum absolute atomic E-state index is 0.602. The molecule has 0 amide bonds. The van der Waals surface area contributed by atoms with Crippen molar-refractivity contribution < 1.29 is 9.47 Å². The highest BCUT2D eigenvalue weighted by Gasteiger charge is 2.02. The first-order valence-electron chi connectivity index (χ1n) is 10.5. The number of nitrogens with one attached hydrogen (secondary N) is 2. The van der Waals surface area contributed by atoms with Crippen LogP contribution in [0.5, 0.6) is 0 Å². The Morgan fingerprint density at radius 3 is 2.43 bits per heavy atom. The molecule has 0 saturated carbocycles. The van der Waals surface area contributed by atoms with Crippen LogP contribution in [-0.2, 0) is 29.2 Å². The lowest BCUT2D eigenvalue weighted by atomic mass is 10.1. The molecule has 0 aromatic heterocycles. The molecule has 0 atom stereocenters. The monoisotopic (exact) mass is 412 g/mol. The Morgan fingerprint density at radius 1 is 0.933 bits per heavy atom. The van der Waals surface area contributed by atoms with Crippen molar-refractivity contribution in [2.45, 2.75) is 26.2 Å². The van der Waals surface area contributed by atoms with Gasteiger partial charge in [-0.3, -0.25) is 4.99 Å². The van der Waals surface area contributed by atoms with Crippen molar-refractivity contribution in [2.24, 2.45) is 4.99 Å². The minimum Gasteiger partial charge on any atom is -0.385 e. The normalized spacial score (nSPS) is 11.7. The maximum atomic E-state index is 5.85. The fourth-order valence-electron chi connectivity index (χ4n) is 3.05. The summed E-state index contributed by atoms with van der Waals surface area (Å²) >= 11 is 0. The van der Waals surface area contributed by atoms with Crippen LogP contribution in [0.25, 0.3) is 0 Å². The van der Waals surface area contributed by atoms with Gasteiger partial charge in [-0.15, -0.1) is 0 Å². The van der Waals surface area contributed by atoms with E-state index in [1.807, 2.05) is 18.2 Å². The van der Waals surface area contributed by atoms with E-state index in [1.54, 1.807) is 14.2 Å². The number of guanidine groups is 1. The standard InChI is InChI=1S/C24H36N4O2/c1-25-24(26-13-15-28(2)14-8-16-29-3)27-18-22-11-7-12-23(17-22)20-30-19-21-9-5-4-6-10-21/h4-7,9-12,17H,8,13-16,18-20H2,1-3H3,(H2,25,26,27). The summed E-state index contributed by atoms with van der Waals surface area (Å²) in [7, 11) is 5.66. The lowest BCUT2D eigenvalue weighted by Crippen LogP contribution is -2.40. The third-order valence-electron chi connectivity index (χ3n) is 4.73. The Balaban J connectivity index is 1.69. The highest BCUT2D eigenvalue weighted by atomic mass is 16.5. The molecule has 2 rings (SSSR count). The van der Waals surface area contributed by atoms with Gasteiger partial charge >= 0.3 is 0 Å². The maximum absolute atomic E-state index is 5.85. The third kappa shape index (κ3) is 9.87. The summed E-state index contributed by atoms with van der Waals surface area (Å²) in [5.41, 5.74) is 3.57. The van der Waals surface area contributed by atoms with Gasteiger partial charge in [0, 0.05) is 46.9 Å². The van der Waals surface area contributed by atoms with Gasteiger partial charge < -0.3 is 25.0 Å². The number of rotatable bonds is 13. The van der Waals surface area contributed by atoms with Gasteiger partial charge in [-0.25, -0.2) is 0 Å². The fourth-order valence-corrected chi connectivity index (χ4v) is 3.05. The van der Waals surface area contributed by atoms with E-state index >= 15 is 0 Å². The van der Waals surface area contributed by atoms with Crippen LogP contribution < -0.4 is 10.6 Å². The first kappa shape index (κ1) is 23.9. The Morgan fingerprint density at radius 2 is 1.67 bits per heavy atom. The van der Waals surface area contributed by atoms with Gasteiger partial charge in [-0.05, 0) is 30.2 Å². The average Bonchev–Trinajstić information content (AvgIpc) is 2.77. The second kappa shape index (κ2) is 14.6. The van der Waals surface area contributed by atoms with Crippen LogP contribution in [0, 0.1) is 0 Å². The van der Waals surface area contributed by atoms with Gasteiger partial charge in [-0.1, -0.05) is 54.6 Å². The quantitative estimate of drug-likeness (QED) is 0.301. The predicted octanol–water partition coefficient (Wildman–Crippen LogP) is 3.04. The molecule has 30 heavy (non-hydrogen) atoms. The lowest BCUT2D eigenvalue weighted by molar-refractivity contribution is 0.107. The average molecular weight is 413 g/mol. The number of ether oxygens (including phenoxy) is 2. The van der Waals surface area contributed by atoms with Gasteiger partial charge in [0.25, 0.3) is 0 Å². The van der Waals surface area contributed by atoms with Gasteiger partial charge in [0.05, 0.1) is 13.2 Å². The van der Waals surface area contributed by atoms with E-state index < -0.39 is 0 Å². The first-order valence-corrected chi connectivity index (χ1v) is 10.5. The summed E-state index contributed by atoms with van der Waals surface area (Å²) in [6, 6.07) is 18.7. The van der Waals surface area contributed by atoms with E-state index in [-0.39, 0.29) is 0 Å². The lowest BCUT2D eigenvalue weighted by Gasteiger charge is -2.18. The van der Waals surface area contributed by atoms with Crippen molar-refractivity contribution in [3.63, 3.8) is 0 Å². The molecular formula is C24H36N4O2. The predicted molar refractivity (Wildman–Crippen MR) is 124 cm³/mol. The first-order chi connectivity index (χ1) is 14.7. The molecule has 0 aliphatic heterocycles. The molecule has 0 spiro atoms. The van der Waals surface area contributed by atoms with Crippen molar-refractivity contribution in [3.8, 4) is 0 Å². The van der Waals surface area contributed by atoms with Crippen LogP contribution in [0.3, 0.4) is 0 Å². The van der Waals surface area contributed by atoms with E-state index in [9.17, 15) is 0 Å². The summed E-state index contributed by atoms with van der Waals surface area (Å²) in [6.07, 6.45) is 1.05. The summed E-state index contributed by atoms with van der Waals surface area (Å²) in [4.78, 5) is 6.60. The molecule has 164 valence electrons. The molecule has 0 radical (unpaired) electrons. The Labute approximate surface area is 181 Å². The molecule has 0 fully saturated rings. The maximum Gasteiger partial charge on any atom is 0.191 e. The zero-order valence-corrected chi connectivity index (χ0v) is 18.6. The zero-order chi connectivity index (χ0) is 21.4. The smallest absolute Gasteiger partial charge is 0.191 e. The van der Waals surface area contributed by atoms with E-state index in [2.05, 4.69) is 64.0 Å². The molecule has 0 saturated heterocycles. The molecule has 2 N–H and O–H groups in total. The van der Waals surface area contributed by atoms with Crippen molar-refractivity contribution in [3.05, 3.63) is 71.3 Å². The highest BCUT2D eigenvalue weighted by molar-refractivity contribution is 5.79. The van der Waals surface area contributed by atoms with Crippen LogP contribution in [0.2, 0.25) is 0 Å². The number of likely N-dealkylation sites (N-methyl/N-ethyl adjacent to an activating group) is 1. The molecule has 6 nitrogen and oxygen atoms in total. The molecule has 0 bridgehead atoms. The number of hydrogen-bond acceptors (Lipinski definition) is 4. The Bertz CT molecular complexity index is 737. The minimum atomic E-state index is 0.602. The highest BCUT2D eigenvalue weighted by Crippen LogP contribution is 2.09. The van der Waals surface area contributed by atoms with Crippen molar-refractivity contribution in [1.29, 1.82) is 0 Å². The third-order valence-corrected chi connectivity index (χ3v) is 4.73. The number of hydrogen-bond donors (Lipinski definition) is 2. The summed E-state index contributed by atoms with van der Waals surface area (Å²) in [6.45, 7) is 5.58. The number of nitrogens with zero attached hydrogens (tertiary/aromatic N) is 2. The van der Waals surface area contributed by atoms with Gasteiger partial charge in [0.1, 0.15) is 0 Å². The summed E-state index contributed by atoms with van der Waals surface area (Å²) in [5.74, 6) is 0.811. The second-order valence-electron chi connectivity index (χ2n) is 7.30. The van der Waals surface area contributed by atoms with Gasteiger partial charge in [-0.2, -0.15) is 0 Å². The van der Waals surface area contributed by atoms with E-state index in [0.29, 0.717) is 13.2 Å². The van der Waals surface area contributed by atoms with E-state index in [4.69, 9.17) is 9.47 Å². The van der Waals surface area contributed by atoms with Crippen LogP contribution in [0.4, 0.5) is 0 Å². The van der Waals surface area contributed by atoms with Crippen LogP contribution in [0.15, 0.2) is 59.6 Å². The number of methoxy groups -OCH3 is 1. The molecule has 0 aliphatic rings. The number of aliphatic imine (C=N–C) groups is 1. The summed E-state index contributed by atoms with van der Waals surface area (Å²) in [5, 5.41) is 6.75. The fraction of sp³-hybridized carbons (Fsp3) is 0.458. The van der Waals surface area contributed by atoms with E-state index in [1.165, 1.54) is 16.7 Å². The number of benzene rings is 2. The second-order valence-corrected chi connectivity index (χ2v) is 7.30. The topological polar surface area (TPSA) is 58.1 Å². The molecule has 2 aromatic rings. The van der Waals surface area contributed by atoms with Gasteiger partial charge in [0.15, 0.2) is 5.96 Å². The molecule has 2 aromatic carbocycles. The van der Waals surface area contributed by atoms with Crippen LogP contribution in [-0.4, -0.2) is 58.3 Å². The zero-order valence-electron chi connectivity index (χ0n) is 18.6. The molecule has 0 aliphatic carbocycles. The van der Waals surface area contributed by atoms with Crippen LogP contribution >= 0.6 is 0 Å².